The van der Waals surface area contributed by atoms with Crippen molar-refractivity contribution in [3.8, 4) is 11.5 Å². The Morgan fingerprint density at radius 2 is 1.86 bits per heavy atom. The van der Waals surface area contributed by atoms with Crippen LogP contribution in [0.15, 0.2) is 48.5 Å². The van der Waals surface area contributed by atoms with E-state index in [9.17, 15) is 9.59 Å². The molecule has 1 aliphatic rings. The molecule has 2 aromatic rings. The van der Waals surface area contributed by atoms with Crippen LogP contribution in [0.1, 0.15) is 23.7 Å². The van der Waals surface area contributed by atoms with Crippen molar-refractivity contribution in [2.45, 2.75) is 19.4 Å². The van der Waals surface area contributed by atoms with E-state index in [0.29, 0.717) is 31.0 Å². The number of carbonyl (C=O) groups excluding carboxylic acids is 2. The molecular formula is C22H26N2O5. The van der Waals surface area contributed by atoms with E-state index < -0.39 is 0 Å². The molecule has 0 radical (unpaired) electrons. The first-order valence-electron chi connectivity index (χ1n) is 9.69. The fraction of sp³-hybridized carbons (Fsp3) is 0.364. The Morgan fingerprint density at radius 1 is 1.14 bits per heavy atom. The van der Waals surface area contributed by atoms with Gasteiger partial charge in [0.15, 0.2) is 11.5 Å². The summed E-state index contributed by atoms with van der Waals surface area (Å²) in [5.41, 5.74) is 1.09. The summed E-state index contributed by atoms with van der Waals surface area (Å²) in [5, 5.41) is 2.83. The van der Waals surface area contributed by atoms with E-state index >= 15 is 0 Å². The predicted octanol–water partition coefficient (Wildman–Crippen LogP) is 2.96. The van der Waals surface area contributed by atoms with Gasteiger partial charge in [0.05, 0.1) is 18.7 Å². The van der Waals surface area contributed by atoms with Gasteiger partial charge in [-0.15, -0.1) is 0 Å². The van der Waals surface area contributed by atoms with Crippen LogP contribution >= 0.6 is 0 Å². The van der Waals surface area contributed by atoms with Gasteiger partial charge in [0.2, 0.25) is 5.91 Å². The monoisotopic (exact) mass is 398 g/mol. The number of benzene rings is 2. The summed E-state index contributed by atoms with van der Waals surface area (Å²) in [4.78, 5) is 26.0. The van der Waals surface area contributed by atoms with E-state index in [1.165, 1.54) is 0 Å². The van der Waals surface area contributed by atoms with Crippen molar-refractivity contribution in [1.29, 1.82) is 0 Å². The number of hydrogen-bond acceptors (Lipinski definition) is 6. The third-order valence-corrected chi connectivity index (χ3v) is 4.34. The van der Waals surface area contributed by atoms with E-state index in [-0.39, 0.29) is 24.5 Å². The second-order valence-electron chi connectivity index (χ2n) is 6.96. The van der Waals surface area contributed by atoms with Gasteiger partial charge < -0.3 is 19.5 Å². The molecule has 1 heterocycles. The summed E-state index contributed by atoms with van der Waals surface area (Å²) >= 11 is 0. The maximum absolute atomic E-state index is 12.3. The third-order valence-electron chi connectivity index (χ3n) is 4.34. The Balaban J connectivity index is 1.45. The summed E-state index contributed by atoms with van der Waals surface area (Å²) in [7, 11) is 1.86. The molecular weight excluding hydrogens is 372 g/mol. The average Bonchev–Trinajstić information content (AvgIpc) is 2.72. The van der Waals surface area contributed by atoms with Crippen molar-refractivity contribution in [1.82, 2.24) is 4.90 Å². The molecule has 0 saturated heterocycles. The first kappa shape index (κ1) is 20.7. The Bertz CT molecular complexity index is 837. The smallest absolute Gasteiger partial charge is 0.338 e. The molecule has 0 aromatic heterocycles. The molecule has 7 heteroatoms. The van der Waals surface area contributed by atoms with Gasteiger partial charge in [-0.1, -0.05) is 19.1 Å². The van der Waals surface area contributed by atoms with E-state index in [2.05, 4.69) is 5.32 Å². The number of anilines is 1. The second kappa shape index (κ2) is 9.93. The summed E-state index contributed by atoms with van der Waals surface area (Å²) in [6, 6.07) is 14.2. The number of nitrogens with zero attached hydrogens (tertiary/aromatic N) is 1. The lowest BCUT2D eigenvalue weighted by Crippen LogP contribution is -2.42. The number of amides is 1. The normalized spacial score (nSPS) is 15.1. The summed E-state index contributed by atoms with van der Waals surface area (Å²) < 4.78 is 16.7. The largest absolute Gasteiger partial charge is 0.486 e. The Hall–Kier alpha value is -3.06. The Morgan fingerprint density at radius 3 is 2.59 bits per heavy atom. The Labute approximate surface area is 170 Å². The third kappa shape index (κ3) is 5.96. The lowest BCUT2D eigenvalue weighted by Gasteiger charge is -2.29. The summed E-state index contributed by atoms with van der Waals surface area (Å²) in [6.07, 6.45) is 0.633. The van der Waals surface area contributed by atoms with Crippen LogP contribution in [-0.4, -0.2) is 56.2 Å². The van der Waals surface area contributed by atoms with Gasteiger partial charge in [0, 0.05) is 12.2 Å². The van der Waals surface area contributed by atoms with Crippen LogP contribution < -0.4 is 14.8 Å². The minimum absolute atomic E-state index is 0.142. The number of nitrogens with one attached hydrogen (secondary N) is 1. The zero-order valence-electron chi connectivity index (χ0n) is 16.7. The van der Waals surface area contributed by atoms with Crippen molar-refractivity contribution in [3.63, 3.8) is 0 Å². The first-order valence-corrected chi connectivity index (χ1v) is 9.69. The van der Waals surface area contributed by atoms with Gasteiger partial charge in [-0.3, -0.25) is 9.69 Å². The first-order chi connectivity index (χ1) is 14.0. The van der Waals surface area contributed by atoms with E-state index in [1.807, 2.05) is 43.1 Å². The molecule has 1 amide bonds. The molecule has 0 saturated carbocycles. The lowest BCUT2D eigenvalue weighted by atomic mass is 10.2. The predicted molar refractivity (Wildman–Crippen MR) is 109 cm³/mol. The van der Waals surface area contributed by atoms with Crippen LogP contribution in [0.4, 0.5) is 5.69 Å². The number of hydrogen-bond donors (Lipinski definition) is 1. The standard InChI is InChI=1S/C22H26N2O5/c1-3-12-27-22(26)16-8-10-17(11-9-16)23-21(25)14-24(2)13-18-15-28-19-6-4-5-7-20(19)29-18/h4-11,18H,3,12-15H2,1-2H3,(H,23,25). The molecule has 0 aliphatic carbocycles. The summed E-state index contributed by atoms with van der Waals surface area (Å²) in [5.74, 6) is 0.956. The number of para-hydroxylation sites is 2. The number of ether oxygens (including phenoxy) is 3. The van der Waals surface area contributed by atoms with Crippen LogP contribution in [0.3, 0.4) is 0 Å². The van der Waals surface area contributed by atoms with Crippen molar-refractivity contribution in [3.05, 3.63) is 54.1 Å². The maximum Gasteiger partial charge on any atom is 0.338 e. The minimum Gasteiger partial charge on any atom is -0.486 e. The topological polar surface area (TPSA) is 77.1 Å². The molecule has 1 atom stereocenters. The fourth-order valence-corrected chi connectivity index (χ4v) is 2.98. The van der Waals surface area contributed by atoms with Crippen molar-refractivity contribution >= 4 is 17.6 Å². The van der Waals surface area contributed by atoms with E-state index in [1.54, 1.807) is 24.3 Å². The highest BCUT2D eigenvalue weighted by Gasteiger charge is 2.22. The van der Waals surface area contributed by atoms with Gasteiger partial charge in [-0.05, 0) is 49.9 Å². The number of carbonyl (C=O) groups is 2. The lowest BCUT2D eigenvalue weighted by molar-refractivity contribution is -0.117. The molecule has 2 aromatic carbocycles. The maximum atomic E-state index is 12.3. The van der Waals surface area contributed by atoms with Gasteiger partial charge >= 0.3 is 5.97 Å². The van der Waals surface area contributed by atoms with Crippen molar-refractivity contribution < 1.29 is 23.8 Å². The average molecular weight is 398 g/mol. The van der Waals surface area contributed by atoms with Crippen LogP contribution in [0.25, 0.3) is 0 Å². The van der Waals surface area contributed by atoms with Crippen LogP contribution in [0.2, 0.25) is 0 Å². The number of esters is 1. The Kier molecular flexibility index (Phi) is 7.08. The SMILES string of the molecule is CCCOC(=O)c1ccc(NC(=O)CN(C)CC2COc3ccccc3O2)cc1. The second-order valence-corrected chi connectivity index (χ2v) is 6.96. The quantitative estimate of drug-likeness (QED) is 0.689. The molecule has 0 bridgehead atoms. The molecule has 0 fully saturated rings. The molecule has 7 nitrogen and oxygen atoms in total. The van der Waals surface area contributed by atoms with Crippen LogP contribution in [0, 0.1) is 0 Å². The molecule has 154 valence electrons. The molecule has 1 aliphatic heterocycles. The van der Waals surface area contributed by atoms with Crippen LogP contribution in [-0.2, 0) is 9.53 Å². The fourth-order valence-electron chi connectivity index (χ4n) is 2.98. The van der Waals surface area contributed by atoms with Gasteiger partial charge in [-0.2, -0.15) is 0 Å². The molecule has 29 heavy (non-hydrogen) atoms. The van der Waals surface area contributed by atoms with Crippen LogP contribution in [0.5, 0.6) is 11.5 Å². The highest BCUT2D eigenvalue weighted by Crippen LogP contribution is 2.30. The van der Waals surface area contributed by atoms with Gasteiger partial charge in [-0.25, -0.2) is 4.79 Å². The van der Waals surface area contributed by atoms with E-state index in [4.69, 9.17) is 14.2 Å². The number of fused-ring (bicyclic) bond motifs is 1. The highest BCUT2D eigenvalue weighted by atomic mass is 16.6. The molecule has 1 N–H and O–H groups in total. The molecule has 1 unspecified atom stereocenters. The van der Waals surface area contributed by atoms with Crippen molar-refractivity contribution in [2.24, 2.45) is 0 Å². The minimum atomic E-state index is -0.360. The van der Waals surface area contributed by atoms with Gasteiger partial charge in [0.1, 0.15) is 12.7 Å². The number of likely N-dealkylation sites (N-methyl/N-ethyl adjacent to an activating group) is 1. The summed E-state index contributed by atoms with van der Waals surface area (Å²) in [6.45, 7) is 3.55. The molecule has 3 rings (SSSR count). The van der Waals surface area contributed by atoms with Crippen molar-refractivity contribution in [2.75, 3.05) is 38.7 Å². The highest BCUT2D eigenvalue weighted by molar-refractivity contribution is 5.94. The zero-order chi connectivity index (χ0) is 20.6. The van der Waals surface area contributed by atoms with Gasteiger partial charge in [0.25, 0.3) is 0 Å². The zero-order valence-corrected chi connectivity index (χ0v) is 16.7. The number of rotatable bonds is 8. The molecule has 0 spiro atoms. The van der Waals surface area contributed by atoms with E-state index in [0.717, 1.165) is 17.9 Å².